The van der Waals surface area contributed by atoms with Gasteiger partial charge in [0.15, 0.2) is 0 Å². The first-order valence-corrected chi connectivity index (χ1v) is 8.64. The maximum atomic E-state index is 12.9. The van der Waals surface area contributed by atoms with Crippen molar-refractivity contribution in [2.75, 3.05) is 0 Å². The number of benzene rings is 2. The summed E-state index contributed by atoms with van der Waals surface area (Å²) in [5, 5.41) is 7.75. The molecule has 0 aliphatic carbocycles. The molecule has 8 heteroatoms. The Labute approximate surface area is 159 Å². The van der Waals surface area contributed by atoms with Crippen LogP contribution in [0.3, 0.4) is 0 Å². The van der Waals surface area contributed by atoms with E-state index in [0.717, 1.165) is 17.7 Å². The lowest BCUT2D eigenvalue weighted by Gasteiger charge is -2.17. The molecule has 3 aromatic rings. The summed E-state index contributed by atoms with van der Waals surface area (Å²) in [6.45, 7) is 3.80. The van der Waals surface area contributed by atoms with Crippen molar-refractivity contribution >= 4 is 11.6 Å². The summed E-state index contributed by atoms with van der Waals surface area (Å²) in [7, 11) is 0. The molecule has 0 spiro atoms. The maximum absolute atomic E-state index is 12.9. The Morgan fingerprint density at radius 3 is 2.48 bits per heavy atom. The number of hydrogen-bond acceptors (Lipinski definition) is 4. The van der Waals surface area contributed by atoms with E-state index in [1.165, 1.54) is 12.1 Å². The predicted octanol–water partition coefficient (Wildman–Crippen LogP) is 5.82. The van der Waals surface area contributed by atoms with Crippen molar-refractivity contribution in [1.82, 2.24) is 15.5 Å². The Bertz CT molecular complexity index is 926. The van der Waals surface area contributed by atoms with Crippen LogP contribution in [0.2, 0.25) is 5.02 Å². The minimum absolute atomic E-state index is 0.0393. The van der Waals surface area contributed by atoms with Crippen molar-refractivity contribution < 1.29 is 17.7 Å². The zero-order chi connectivity index (χ0) is 19.6. The smallest absolute Gasteiger partial charge is 0.337 e. The lowest BCUT2D eigenvalue weighted by atomic mass is 10.1. The first-order chi connectivity index (χ1) is 12.7. The molecule has 27 heavy (non-hydrogen) atoms. The van der Waals surface area contributed by atoms with E-state index < -0.39 is 11.7 Å². The Morgan fingerprint density at radius 2 is 1.78 bits per heavy atom. The third kappa shape index (κ3) is 4.67. The Morgan fingerprint density at radius 1 is 1.04 bits per heavy atom. The highest BCUT2D eigenvalue weighted by Crippen LogP contribution is 2.31. The molecular weight excluding hydrogens is 379 g/mol. The molecular formula is C19H17ClF3N3O. The number of aromatic nitrogens is 2. The first kappa shape index (κ1) is 19.4. The van der Waals surface area contributed by atoms with E-state index in [1.54, 1.807) is 6.07 Å². The second kappa shape index (κ2) is 7.70. The molecule has 0 radical (unpaired) electrons. The molecule has 1 aromatic heterocycles. The molecule has 1 heterocycles. The third-order valence-electron chi connectivity index (χ3n) is 4.11. The molecule has 0 fully saturated rings. The summed E-state index contributed by atoms with van der Waals surface area (Å²) >= 11 is 6.01. The van der Waals surface area contributed by atoms with Gasteiger partial charge in [0.05, 0.1) is 11.6 Å². The number of nitrogens with zero attached hydrogens (tertiary/aromatic N) is 2. The molecule has 2 aromatic carbocycles. The van der Waals surface area contributed by atoms with Crippen LogP contribution in [-0.4, -0.2) is 10.1 Å². The second-order valence-corrected chi connectivity index (χ2v) is 6.64. The van der Waals surface area contributed by atoms with Gasteiger partial charge in [0, 0.05) is 16.6 Å². The third-order valence-corrected chi connectivity index (χ3v) is 4.34. The van der Waals surface area contributed by atoms with Gasteiger partial charge in [-0.15, -0.1) is 0 Å². The summed E-state index contributed by atoms with van der Waals surface area (Å²) in [6.07, 6.45) is -4.43. The van der Waals surface area contributed by atoms with Crippen LogP contribution in [0.15, 0.2) is 53.1 Å². The van der Waals surface area contributed by atoms with Gasteiger partial charge in [-0.2, -0.15) is 18.2 Å². The Hall–Kier alpha value is -2.38. The van der Waals surface area contributed by atoms with Gasteiger partial charge in [0.1, 0.15) is 0 Å². The lowest BCUT2D eigenvalue weighted by molar-refractivity contribution is -0.137. The average molecular weight is 396 g/mol. The number of alkyl halides is 3. The maximum Gasteiger partial charge on any atom is 0.416 e. The second-order valence-electron chi connectivity index (χ2n) is 6.20. The van der Waals surface area contributed by atoms with Crippen LogP contribution in [0.1, 0.15) is 42.9 Å². The SMILES string of the molecule is CC(NC(C)c1nc(-c2cccc(C(F)(F)F)c2)no1)c1cccc(Cl)c1. The minimum atomic E-state index is -4.43. The molecule has 1 N–H and O–H groups in total. The highest BCUT2D eigenvalue weighted by molar-refractivity contribution is 6.30. The van der Waals surface area contributed by atoms with Crippen LogP contribution in [0.5, 0.6) is 0 Å². The largest absolute Gasteiger partial charge is 0.416 e. The molecule has 0 saturated heterocycles. The van der Waals surface area contributed by atoms with Crippen LogP contribution in [0, 0.1) is 0 Å². The molecule has 0 saturated carbocycles. The van der Waals surface area contributed by atoms with Crippen LogP contribution >= 0.6 is 11.6 Å². The van der Waals surface area contributed by atoms with Gasteiger partial charge in [0.2, 0.25) is 11.7 Å². The van der Waals surface area contributed by atoms with Gasteiger partial charge in [-0.25, -0.2) is 0 Å². The zero-order valence-corrected chi connectivity index (χ0v) is 15.3. The summed E-state index contributed by atoms with van der Waals surface area (Å²) in [5.41, 5.74) is 0.481. The molecule has 0 aliphatic heterocycles. The summed E-state index contributed by atoms with van der Waals surface area (Å²) in [4.78, 5) is 4.23. The number of halogens is 4. The Kier molecular flexibility index (Phi) is 5.53. The lowest BCUT2D eigenvalue weighted by Crippen LogP contribution is -2.22. The van der Waals surface area contributed by atoms with Crippen molar-refractivity contribution in [3.63, 3.8) is 0 Å². The quantitative estimate of drug-likeness (QED) is 0.591. The summed E-state index contributed by atoms with van der Waals surface area (Å²) in [5.74, 6) is 0.399. The monoisotopic (exact) mass is 395 g/mol. The molecule has 4 nitrogen and oxygen atoms in total. The van der Waals surface area contributed by atoms with E-state index in [-0.39, 0.29) is 29.4 Å². The van der Waals surface area contributed by atoms with Crippen LogP contribution in [-0.2, 0) is 6.18 Å². The standard InChI is InChI=1S/C19H17ClF3N3O/c1-11(13-5-4-8-16(20)10-13)24-12(2)18-25-17(26-27-18)14-6-3-7-15(9-14)19(21,22)23/h3-12,24H,1-2H3. The summed E-state index contributed by atoms with van der Waals surface area (Å²) in [6, 6.07) is 11.9. The van der Waals surface area contributed by atoms with Gasteiger partial charge in [-0.05, 0) is 43.7 Å². The van der Waals surface area contributed by atoms with Crippen LogP contribution in [0.4, 0.5) is 13.2 Å². The van der Waals surface area contributed by atoms with Gasteiger partial charge >= 0.3 is 6.18 Å². The number of rotatable bonds is 5. The zero-order valence-electron chi connectivity index (χ0n) is 14.6. The fraction of sp³-hybridized carbons (Fsp3) is 0.263. The van der Waals surface area contributed by atoms with E-state index in [2.05, 4.69) is 15.5 Å². The molecule has 2 unspecified atom stereocenters. The minimum Gasteiger partial charge on any atom is -0.337 e. The van der Waals surface area contributed by atoms with E-state index >= 15 is 0 Å². The van der Waals surface area contributed by atoms with E-state index in [4.69, 9.17) is 16.1 Å². The Balaban J connectivity index is 1.75. The van der Waals surface area contributed by atoms with Gasteiger partial charge in [0.25, 0.3) is 0 Å². The van der Waals surface area contributed by atoms with Gasteiger partial charge in [-0.3, -0.25) is 5.32 Å². The van der Waals surface area contributed by atoms with Gasteiger partial charge < -0.3 is 4.52 Å². The highest BCUT2D eigenvalue weighted by Gasteiger charge is 2.31. The molecule has 0 amide bonds. The van der Waals surface area contributed by atoms with Crippen molar-refractivity contribution in [2.24, 2.45) is 0 Å². The van der Waals surface area contributed by atoms with Crippen molar-refractivity contribution in [2.45, 2.75) is 32.1 Å². The summed E-state index contributed by atoms with van der Waals surface area (Å²) < 4.78 is 43.8. The van der Waals surface area contributed by atoms with E-state index in [1.807, 2.05) is 32.0 Å². The number of hydrogen-bond donors (Lipinski definition) is 1. The molecule has 2 atom stereocenters. The fourth-order valence-corrected chi connectivity index (χ4v) is 2.88. The molecule has 0 bridgehead atoms. The number of nitrogens with one attached hydrogen (secondary N) is 1. The van der Waals surface area contributed by atoms with Crippen molar-refractivity contribution in [1.29, 1.82) is 0 Å². The predicted molar refractivity (Wildman–Crippen MR) is 96.2 cm³/mol. The normalized spacial score (nSPS) is 14.1. The van der Waals surface area contributed by atoms with Crippen LogP contribution < -0.4 is 5.32 Å². The van der Waals surface area contributed by atoms with E-state index in [0.29, 0.717) is 5.02 Å². The van der Waals surface area contributed by atoms with Crippen LogP contribution in [0.25, 0.3) is 11.4 Å². The fourth-order valence-electron chi connectivity index (χ4n) is 2.68. The van der Waals surface area contributed by atoms with E-state index in [9.17, 15) is 13.2 Å². The topological polar surface area (TPSA) is 51.0 Å². The van der Waals surface area contributed by atoms with Crippen molar-refractivity contribution in [3.05, 3.63) is 70.6 Å². The molecule has 3 rings (SSSR count). The molecule has 142 valence electrons. The highest BCUT2D eigenvalue weighted by atomic mass is 35.5. The first-order valence-electron chi connectivity index (χ1n) is 8.27. The van der Waals surface area contributed by atoms with Gasteiger partial charge in [-0.1, -0.05) is 41.0 Å². The molecule has 0 aliphatic rings. The average Bonchev–Trinajstić information content (AvgIpc) is 3.11. The van der Waals surface area contributed by atoms with Crippen molar-refractivity contribution in [3.8, 4) is 11.4 Å².